The number of likely N-dealkylation sites (tertiary alicyclic amines) is 1. The Morgan fingerprint density at radius 1 is 1.42 bits per heavy atom. The lowest BCUT2D eigenvalue weighted by molar-refractivity contribution is 0.0741. The number of nitrogens with one attached hydrogen (secondary N) is 1. The molecule has 2 rings (SSSR count). The maximum atomic E-state index is 12.2. The van der Waals surface area contributed by atoms with Crippen LogP contribution >= 0.6 is 0 Å². The zero-order chi connectivity index (χ0) is 13.8. The average molecular weight is 263 g/mol. The molecule has 0 unspecified atom stereocenters. The number of amides is 1. The summed E-state index contributed by atoms with van der Waals surface area (Å²) in [5.41, 5.74) is 0.126. The first kappa shape index (κ1) is 13.8. The topological polar surface area (TPSA) is 56.4 Å². The van der Waals surface area contributed by atoms with Gasteiger partial charge in [0.1, 0.15) is 5.69 Å². The summed E-state index contributed by atoms with van der Waals surface area (Å²) in [6.07, 6.45) is 2.25. The van der Waals surface area contributed by atoms with E-state index in [-0.39, 0.29) is 11.5 Å². The van der Waals surface area contributed by atoms with Crippen molar-refractivity contribution in [3.05, 3.63) is 34.2 Å². The molecule has 0 bridgehead atoms. The van der Waals surface area contributed by atoms with Crippen LogP contribution in [0.5, 0.6) is 0 Å². The summed E-state index contributed by atoms with van der Waals surface area (Å²) < 4.78 is 0. The van der Waals surface area contributed by atoms with E-state index in [4.69, 9.17) is 0 Å². The third-order valence-corrected chi connectivity index (χ3v) is 3.72. The molecule has 2 heterocycles. The Bertz CT molecular complexity index is 489. The first-order valence-corrected chi connectivity index (χ1v) is 6.69. The molecule has 5 heteroatoms. The predicted octanol–water partition coefficient (Wildman–Crippen LogP) is 0.789. The van der Waals surface area contributed by atoms with Crippen LogP contribution in [0.3, 0.4) is 0 Å². The minimum absolute atomic E-state index is 0.114. The molecule has 104 valence electrons. The lowest BCUT2D eigenvalue weighted by Gasteiger charge is -2.31. The van der Waals surface area contributed by atoms with Gasteiger partial charge in [-0.15, -0.1) is 0 Å². The number of carbonyl (C=O) groups is 1. The van der Waals surface area contributed by atoms with Crippen LogP contribution in [0.4, 0.5) is 0 Å². The normalized spacial score (nSPS) is 17.4. The van der Waals surface area contributed by atoms with Crippen molar-refractivity contribution in [3.8, 4) is 0 Å². The summed E-state index contributed by atoms with van der Waals surface area (Å²) in [7, 11) is 3.92. The van der Waals surface area contributed by atoms with Gasteiger partial charge in [0.2, 0.25) is 5.56 Å². The second-order valence-corrected chi connectivity index (χ2v) is 5.36. The monoisotopic (exact) mass is 263 g/mol. The Morgan fingerprint density at radius 3 is 2.74 bits per heavy atom. The molecule has 1 aliphatic heterocycles. The lowest BCUT2D eigenvalue weighted by Crippen LogP contribution is -2.38. The molecule has 0 saturated carbocycles. The van der Waals surface area contributed by atoms with Crippen LogP contribution in [-0.2, 0) is 0 Å². The summed E-state index contributed by atoms with van der Waals surface area (Å²) in [6, 6.07) is 4.66. The Hall–Kier alpha value is -1.62. The minimum atomic E-state index is -0.237. The Balaban J connectivity index is 1.94. The lowest BCUT2D eigenvalue weighted by atomic mass is 9.96. The molecule has 1 fully saturated rings. The van der Waals surface area contributed by atoms with E-state index in [1.807, 2.05) is 0 Å². The molecule has 0 aliphatic carbocycles. The van der Waals surface area contributed by atoms with E-state index < -0.39 is 0 Å². The molecule has 1 amide bonds. The minimum Gasteiger partial charge on any atom is -0.340 e. The quantitative estimate of drug-likeness (QED) is 0.877. The fraction of sp³-hybridized carbons (Fsp3) is 0.571. The molecule has 1 saturated heterocycles. The van der Waals surface area contributed by atoms with Gasteiger partial charge < -0.3 is 14.8 Å². The van der Waals surface area contributed by atoms with Gasteiger partial charge in [-0.2, -0.15) is 0 Å². The van der Waals surface area contributed by atoms with E-state index in [1.165, 1.54) is 6.07 Å². The fourth-order valence-corrected chi connectivity index (χ4v) is 2.49. The Kier molecular flexibility index (Phi) is 4.37. The third kappa shape index (κ3) is 3.67. The summed E-state index contributed by atoms with van der Waals surface area (Å²) in [5.74, 6) is 0.442. The van der Waals surface area contributed by atoms with Gasteiger partial charge in [0.05, 0.1) is 0 Å². The van der Waals surface area contributed by atoms with Crippen molar-refractivity contribution < 1.29 is 4.79 Å². The number of hydrogen-bond acceptors (Lipinski definition) is 3. The number of nitrogens with zero attached hydrogens (tertiary/aromatic N) is 2. The summed E-state index contributed by atoms with van der Waals surface area (Å²) in [6.45, 7) is 2.94. The third-order valence-electron chi connectivity index (χ3n) is 3.72. The molecule has 1 aromatic heterocycles. The van der Waals surface area contributed by atoms with Crippen molar-refractivity contribution in [1.29, 1.82) is 0 Å². The number of hydrogen-bond donors (Lipinski definition) is 1. The molecule has 1 aromatic rings. The van der Waals surface area contributed by atoms with Crippen molar-refractivity contribution in [3.63, 3.8) is 0 Å². The van der Waals surface area contributed by atoms with E-state index in [1.54, 1.807) is 24.1 Å². The molecular formula is C14H21N3O2. The van der Waals surface area contributed by atoms with Crippen molar-refractivity contribution in [2.45, 2.75) is 12.8 Å². The van der Waals surface area contributed by atoms with E-state index in [0.29, 0.717) is 11.6 Å². The van der Waals surface area contributed by atoms with Crippen LogP contribution in [0.1, 0.15) is 23.3 Å². The smallest absolute Gasteiger partial charge is 0.270 e. The maximum absolute atomic E-state index is 12.2. The number of rotatable bonds is 3. The standard InChI is InChI=1S/C14H21N3O2/c1-16-8-6-11(7-9-16)10-17(2)14(19)12-4-3-5-13(18)15-12/h3-5,11H,6-10H2,1-2H3,(H,15,18). The molecule has 0 spiro atoms. The van der Waals surface area contributed by atoms with Crippen LogP contribution in [-0.4, -0.2) is 54.4 Å². The highest BCUT2D eigenvalue weighted by atomic mass is 16.2. The molecule has 0 atom stereocenters. The number of aromatic amines is 1. The number of aromatic nitrogens is 1. The van der Waals surface area contributed by atoms with Crippen LogP contribution in [0.15, 0.2) is 23.0 Å². The summed E-state index contributed by atoms with van der Waals surface area (Å²) in [4.78, 5) is 30.0. The van der Waals surface area contributed by atoms with E-state index in [9.17, 15) is 9.59 Å². The number of H-pyrrole nitrogens is 1. The number of carbonyl (C=O) groups excluding carboxylic acids is 1. The SMILES string of the molecule is CN1CCC(CN(C)C(=O)c2cccc(=O)[nH]2)CC1. The van der Waals surface area contributed by atoms with Gasteiger partial charge in [-0.25, -0.2) is 0 Å². The van der Waals surface area contributed by atoms with Gasteiger partial charge in [-0.1, -0.05) is 6.07 Å². The van der Waals surface area contributed by atoms with Crippen molar-refractivity contribution in [2.75, 3.05) is 33.7 Å². The van der Waals surface area contributed by atoms with Crippen LogP contribution in [0, 0.1) is 5.92 Å². The van der Waals surface area contributed by atoms with Gasteiger partial charge in [-0.05, 0) is 45.0 Å². The molecule has 1 aliphatic rings. The van der Waals surface area contributed by atoms with Gasteiger partial charge in [0, 0.05) is 19.7 Å². The molecule has 1 N–H and O–H groups in total. The largest absolute Gasteiger partial charge is 0.340 e. The predicted molar refractivity (Wildman–Crippen MR) is 74.2 cm³/mol. The first-order valence-electron chi connectivity index (χ1n) is 6.69. The highest BCUT2D eigenvalue weighted by molar-refractivity contribution is 5.92. The Labute approximate surface area is 113 Å². The Morgan fingerprint density at radius 2 is 2.11 bits per heavy atom. The van der Waals surface area contributed by atoms with Gasteiger partial charge >= 0.3 is 0 Å². The van der Waals surface area contributed by atoms with Crippen molar-refractivity contribution >= 4 is 5.91 Å². The van der Waals surface area contributed by atoms with Crippen molar-refractivity contribution in [2.24, 2.45) is 5.92 Å². The summed E-state index contributed by atoms with van der Waals surface area (Å²) >= 11 is 0. The van der Waals surface area contributed by atoms with Gasteiger partial charge in [0.15, 0.2) is 0 Å². The zero-order valence-electron chi connectivity index (χ0n) is 11.6. The van der Waals surface area contributed by atoms with Crippen LogP contribution in [0.2, 0.25) is 0 Å². The van der Waals surface area contributed by atoms with E-state index in [0.717, 1.165) is 32.5 Å². The fourth-order valence-electron chi connectivity index (χ4n) is 2.49. The summed E-state index contributed by atoms with van der Waals surface area (Å²) in [5, 5.41) is 0. The average Bonchev–Trinajstić information content (AvgIpc) is 2.40. The second-order valence-electron chi connectivity index (χ2n) is 5.36. The molecule has 0 aromatic carbocycles. The molecule has 19 heavy (non-hydrogen) atoms. The molecule has 0 radical (unpaired) electrons. The van der Waals surface area contributed by atoms with Crippen LogP contribution in [0.25, 0.3) is 0 Å². The van der Waals surface area contributed by atoms with Gasteiger partial charge in [-0.3, -0.25) is 9.59 Å². The second kappa shape index (κ2) is 6.02. The highest BCUT2D eigenvalue weighted by Gasteiger charge is 2.21. The number of pyridine rings is 1. The zero-order valence-corrected chi connectivity index (χ0v) is 11.6. The van der Waals surface area contributed by atoms with E-state index >= 15 is 0 Å². The highest BCUT2D eigenvalue weighted by Crippen LogP contribution is 2.17. The molecular weight excluding hydrogens is 242 g/mol. The van der Waals surface area contributed by atoms with Crippen LogP contribution < -0.4 is 5.56 Å². The molecule has 5 nitrogen and oxygen atoms in total. The van der Waals surface area contributed by atoms with E-state index in [2.05, 4.69) is 16.9 Å². The number of piperidine rings is 1. The van der Waals surface area contributed by atoms with Gasteiger partial charge in [0.25, 0.3) is 5.91 Å². The maximum Gasteiger partial charge on any atom is 0.270 e. The van der Waals surface area contributed by atoms with Crippen molar-refractivity contribution in [1.82, 2.24) is 14.8 Å². The first-order chi connectivity index (χ1) is 9.06.